The molecule has 0 aliphatic rings. The lowest BCUT2D eigenvalue weighted by Crippen LogP contribution is -2.32. The summed E-state index contributed by atoms with van der Waals surface area (Å²) in [6, 6.07) is 14.2. The normalized spacial score (nSPS) is 11.8. The number of carbonyl (C=O) groups is 1. The van der Waals surface area contributed by atoms with E-state index in [1.165, 1.54) is 11.3 Å². The van der Waals surface area contributed by atoms with Gasteiger partial charge in [0.15, 0.2) is 6.10 Å². The first-order valence-electron chi connectivity index (χ1n) is 7.87. The molecular weight excluding hydrogens is 393 g/mol. The van der Waals surface area contributed by atoms with Gasteiger partial charge in [0.1, 0.15) is 10.8 Å². The van der Waals surface area contributed by atoms with Crippen molar-refractivity contribution in [3.05, 3.63) is 58.6 Å². The molecule has 1 N–H and O–H groups in total. The van der Waals surface area contributed by atoms with Crippen molar-refractivity contribution in [3.8, 4) is 16.3 Å². The Kier molecular flexibility index (Phi) is 6.08. The van der Waals surface area contributed by atoms with Crippen LogP contribution in [0.2, 0.25) is 10.0 Å². The first-order valence-corrected chi connectivity index (χ1v) is 9.45. The number of rotatable bonds is 6. The van der Waals surface area contributed by atoms with Gasteiger partial charge < -0.3 is 4.74 Å². The number of nitrogens with one attached hydrogen (secondary N) is 1. The van der Waals surface area contributed by atoms with Gasteiger partial charge in [-0.3, -0.25) is 10.1 Å². The van der Waals surface area contributed by atoms with Crippen LogP contribution in [-0.2, 0) is 4.79 Å². The molecule has 0 unspecified atom stereocenters. The fourth-order valence-corrected chi connectivity index (χ4v) is 3.25. The number of ether oxygens (including phenoxy) is 1. The number of halogens is 2. The highest BCUT2D eigenvalue weighted by molar-refractivity contribution is 7.18. The zero-order chi connectivity index (χ0) is 18.5. The van der Waals surface area contributed by atoms with Crippen LogP contribution in [0.3, 0.4) is 0 Å². The Balaban J connectivity index is 1.67. The molecule has 0 bridgehead atoms. The van der Waals surface area contributed by atoms with E-state index < -0.39 is 6.10 Å². The summed E-state index contributed by atoms with van der Waals surface area (Å²) in [5, 5.41) is 13.2. The molecule has 1 atom stereocenters. The van der Waals surface area contributed by atoms with Gasteiger partial charge >= 0.3 is 0 Å². The van der Waals surface area contributed by atoms with Gasteiger partial charge in [0.05, 0.1) is 0 Å². The highest BCUT2D eigenvalue weighted by atomic mass is 35.5. The van der Waals surface area contributed by atoms with Crippen molar-refractivity contribution >= 4 is 45.6 Å². The van der Waals surface area contributed by atoms with Gasteiger partial charge in [0.2, 0.25) is 5.13 Å². The summed E-state index contributed by atoms with van der Waals surface area (Å²) in [6.45, 7) is 1.87. The van der Waals surface area contributed by atoms with Crippen LogP contribution in [-0.4, -0.2) is 22.2 Å². The molecule has 1 amide bonds. The van der Waals surface area contributed by atoms with Crippen molar-refractivity contribution in [1.29, 1.82) is 0 Å². The zero-order valence-electron chi connectivity index (χ0n) is 13.8. The lowest BCUT2D eigenvalue weighted by Gasteiger charge is -2.16. The summed E-state index contributed by atoms with van der Waals surface area (Å²) in [7, 11) is 0. The summed E-state index contributed by atoms with van der Waals surface area (Å²) >= 11 is 13.1. The lowest BCUT2D eigenvalue weighted by atomic mass is 10.2. The topological polar surface area (TPSA) is 64.1 Å². The van der Waals surface area contributed by atoms with Crippen molar-refractivity contribution in [2.24, 2.45) is 0 Å². The predicted octanol–water partition coefficient (Wildman–Crippen LogP) is 5.31. The van der Waals surface area contributed by atoms with E-state index in [1.807, 2.05) is 19.1 Å². The molecular formula is C18H15Cl2N3O2S. The van der Waals surface area contributed by atoms with E-state index in [1.54, 1.807) is 36.4 Å². The maximum absolute atomic E-state index is 12.5. The molecule has 1 heterocycles. The van der Waals surface area contributed by atoms with Gasteiger partial charge in [-0.1, -0.05) is 59.7 Å². The predicted molar refractivity (Wildman–Crippen MR) is 105 cm³/mol. The first-order chi connectivity index (χ1) is 12.5. The quantitative estimate of drug-likeness (QED) is 0.601. The molecule has 3 aromatic rings. The molecule has 1 aromatic heterocycles. The molecule has 0 saturated heterocycles. The van der Waals surface area contributed by atoms with Gasteiger partial charge in [-0.25, -0.2) is 0 Å². The molecule has 26 heavy (non-hydrogen) atoms. The molecule has 0 saturated carbocycles. The smallest absolute Gasteiger partial charge is 0.267 e. The van der Waals surface area contributed by atoms with Gasteiger partial charge in [-0.2, -0.15) is 0 Å². The second kappa shape index (κ2) is 8.49. The second-order valence-electron chi connectivity index (χ2n) is 5.38. The lowest BCUT2D eigenvalue weighted by molar-refractivity contribution is -0.122. The monoisotopic (exact) mass is 407 g/mol. The zero-order valence-corrected chi connectivity index (χ0v) is 16.1. The Morgan fingerprint density at radius 3 is 2.62 bits per heavy atom. The summed E-state index contributed by atoms with van der Waals surface area (Å²) in [5.41, 5.74) is 0.884. The Labute approximate surface area is 164 Å². The molecule has 134 valence electrons. The average Bonchev–Trinajstić information content (AvgIpc) is 3.08. The molecule has 0 aliphatic carbocycles. The van der Waals surface area contributed by atoms with Crippen molar-refractivity contribution in [2.75, 3.05) is 5.32 Å². The molecule has 8 heteroatoms. The van der Waals surface area contributed by atoms with Crippen molar-refractivity contribution in [3.63, 3.8) is 0 Å². The number of aromatic nitrogens is 2. The Bertz CT molecular complexity index is 899. The van der Waals surface area contributed by atoms with Crippen molar-refractivity contribution < 1.29 is 9.53 Å². The van der Waals surface area contributed by atoms with Gasteiger partial charge in [-0.15, -0.1) is 10.2 Å². The van der Waals surface area contributed by atoms with E-state index >= 15 is 0 Å². The summed E-state index contributed by atoms with van der Waals surface area (Å²) in [4.78, 5) is 12.5. The van der Waals surface area contributed by atoms with Gasteiger partial charge in [0, 0.05) is 15.6 Å². The molecule has 0 aliphatic heterocycles. The maximum Gasteiger partial charge on any atom is 0.267 e. The minimum atomic E-state index is -0.656. The average molecular weight is 408 g/mol. The fourth-order valence-electron chi connectivity index (χ4n) is 2.20. The van der Waals surface area contributed by atoms with E-state index in [0.29, 0.717) is 32.4 Å². The molecule has 0 radical (unpaired) electrons. The molecule has 0 fully saturated rings. The third-order valence-electron chi connectivity index (χ3n) is 3.48. The van der Waals surface area contributed by atoms with E-state index in [-0.39, 0.29) is 5.91 Å². The van der Waals surface area contributed by atoms with E-state index in [0.717, 1.165) is 5.56 Å². The van der Waals surface area contributed by atoms with Gasteiger partial charge in [-0.05, 0) is 36.8 Å². The van der Waals surface area contributed by atoms with Crippen LogP contribution >= 0.6 is 34.5 Å². The number of anilines is 1. The maximum atomic E-state index is 12.5. The van der Waals surface area contributed by atoms with Crippen LogP contribution in [0.4, 0.5) is 5.13 Å². The number of benzene rings is 2. The highest BCUT2D eigenvalue weighted by Gasteiger charge is 2.20. The third kappa shape index (κ3) is 4.72. The number of carbonyl (C=O) groups excluding carboxylic acids is 1. The first kappa shape index (κ1) is 18.6. The second-order valence-corrected chi connectivity index (χ2v) is 7.23. The minimum Gasteiger partial charge on any atom is -0.481 e. The largest absolute Gasteiger partial charge is 0.481 e. The van der Waals surface area contributed by atoms with Crippen molar-refractivity contribution in [1.82, 2.24) is 10.2 Å². The number of nitrogens with zero attached hydrogens (tertiary/aromatic N) is 2. The number of amides is 1. The number of hydrogen-bond donors (Lipinski definition) is 1. The fraction of sp³-hybridized carbons (Fsp3) is 0.167. The Hall–Kier alpha value is -2.15. The number of hydrogen-bond acceptors (Lipinski definition) is 5. The van der Waals surface area contributed by atoms with Crippen LogP contribution in [0.15, 0.2) is 48.5 Å². The van der Waals surface area contributed by atoms with Crippen LogP contribution in [0.5, 0.6) is 5.75 Å². The van der Waals surface area contributed by atoms with E-state index in [4.69, 9.17) is 27.9 Å². The Morgan fingerprint density at radius 1 is 1.15 bits per heavy atom. The molecule has 2 aromatic carbocycles. The van der Waals surface area contributed by atoms with Crippen LogP contribution in [0.1, 0.15) is 13.3 Å². The standard InChI is InChI=1S/C18H15Cl2N3O2S/c1-2-15(25-14-5-3-4-13(20)10-14)16(24)21-18-23-22-17(26-18)11-6-8-12(19)9-7-11/h3-10,15H,2H2,1H3,(H,21,23,24)/t15-/m1/s1. The van der Waals surface area contributed by atoms with Crippen molar-refractivity contribution in [2.45, 2.75) is 19.4 Å². The minimum absolute atomic E-state index is 0.286. The molecule has 0 spiro atoms. The Morgan fingerprint density at radius 2 is 1.92 bits per heavy atom. The SMILES string of the molecule is CC[C@@H](Oc1cccc(Cl)c1)C(=O)Nc1nnc(-c2ccc(Cl)cc2)s1. The van der Waals surface area contributed by atoms with Crippen LogP contribution in [0, 0.1) is 0 Å². The highest BCUT2D eigenvalue weighted by Crippen LogP contribution is 2.27. The summed E-state index contributed by atoms with van der Waals surface area (Å²) < 4.78 is 5.73. The van der Waals surface area contributed by atoms with Crippen LogP contribution < -0.4 is 10.1 Å². The van der Waals surface area contributed by atoms with Gasteiger partial charge in [0.25, 0.3) is 5.91 Å². The summed E-state index contributed by atoms with van der Waals surface area (Å²) in [6.07, 6.45) is -0.155. The van der Waals surface area contributed by atoms with Crippen LogP contribution in [0.25, 0.3) is 10.6 Å². The van der Waals surface area contributed by atoms with E-state index in [9.17, 15) is 4.79 Å². The molecule has 5 nitrogen and oxygen atoms in total. The molecule has 3 rings (SSSR count). The third-order valence-corrected chi connectivity index (χ3v) is 4.86. The van der Waals surface area contributed by atoms with E-state index in [2.05, 4.69) is 15.5 Å². The summed E-state index contributed by atoms with van der Waals surface area (Å²) in [5.74, 6) is 0.255.